The van der Waals surface area contributed by atoms with Crippen LogP contribution in [0.15, 0.2) is 18.2 Å². The summed E-state index contributed by atoms with van der Waals surface area (Å²) >= 11 is 6.27. The molecule has 6 heteroatoms. The van der Waals surface area contributed by atoms with E-state index in [1.807, 2.05) is 0 Å². The molecule has 1 aromatic carbocycles. The van der Waals surface area contributed by atoms with Crippen molar-refractivity contribution in [3.63, 3.8) is 0 Å². The molecule has 124 valence electrons. The van der Waals surface area contributed by atoms with Gasteiger partial charge in [-0.25, -0.2) is 0 Å². The minimum absolute atomic E-state index is 0.00230. The molecule has 1 saturated heterocycles. The van der Waals surface area contributed by atoms with Crippen LogP contribution in [0.1, 0.15) is 36.0 Å². The van der Waals surface area contributed by atoms with Gasteiger partial charge in [-0.1, -0.05) is 17.7 Å². The second-order valence-electron chi connectivity index (χ2n) is 6.14. The Morgan fingerprint density at radius 2 is 2.00 bits per heavy atom. The van der Waals surface area contributed by atoms with Crippen LogP contribution in [0.5, 0.6) is 5.75 Å². The minimum Gasteiger partial charge on any atom is -0.492 e. The molecule has 3 rings (SSSR count). The predicted molar refractivity (Wildman–Crippen MR) is 87.8 cm³/mol. The summed E-state index contributed by atoms with van der Waals surface area (Å²) in [5, 5.41) is 2.96. The molecule has 1 aliphatic heterocycles. The lowest BCUT2D eigenvalue weighted by Crippen LogP contribution is -2.38. The maximum absolute atomic E-state index is 12.3. The number of likely N-dealkylation sites (tertiary alicyclic amines) is 1. The molecule has 1 heterocycles. The average Bonchev–Trinajstić information content (AvgIpc) is 3.22. The first-order valence-electron chi connectivity index (χ1n) is 8.12. The van der Waals surface area contributed by atoms with Crippen molar-refractivity contribution in [1.29, 1.82) is 0 Å². The van der Waals surface area contributed by atoms with E-state index in [0.29, 0.717) is 28.9 Å². The van der Waals surface area contributed by atoms with E-state index in [-0.39, 0.29) is 18.4 Å². The summed E-state index contributed by atoms with van der Waals surface area (Å²) < 4.78 is 5.67. The molecular formula is C17H21ClN2O3. The lowest BCUT2D eigenvalue weighted by Gasteiger charge is -2.16. The number of hydrogen-bond acceptors (Lipinski definition) is 3. The van der Waals surface area contributed by atoms with Crippen LogP contribution in [0.4, 0.5) is 0 Å². The molecule has 5 nitrogen and oxygen atoms in total. The van der Waals surface area contributed by atoms with Crippen molar-refractivity contribution in [2.45, 2.75) is 25.7 Å². The number of halogens is 1. The molecule has 0 atom stereocenters. The molecular weight excluding hydrogens is 316 g/mol. The zero-order chi connectivity index (χ0) is 16.2. The maximum atomic E-state index is 12.3. The van der Waals surface area contributed by atoms with Gasteiger partial charge >= 0.3 is 0 Å². The molecule has 1 aliphatic carbocycles. The van der Waals surface area contributed by atoms with Gasteiger partial charge < -0.3 is 15.0 Å². The number of rotatable bonds is 6. The molecule has 0 aromatic heterocycles. The average molecular weight is 337 g/mol. The molecule has 0 bridgehead atoms. The molecule has 0 spiro atoms. The van der Waals surface area contributed by atoms with E-state index in [2.05, 4.69) is 5.32 Å². The van der Waals surface area contributed by atoms with Gasteiger partial charge in [0.2, 0.25) is 5.91 Å². The van der Waals surface area contributed by atoms with Gasteiger partial charge in [0.1, 0.15) is 5.75 Å². The lowest BCUT2D eigenvalue weighted by atomic mass is 10.2. The first-order valence-corrected chi connectivity index (χ1v) is 8.50. The predicted octanol–water partition coefficient (Wildman–Crippen LogP) is 2.48. The van der Waals surface area contributed by atoms with Gasteiger partial charge in [-0.15, -0.1) is 0 Å². The molecule has 2 amide bonds. The number of benzene rings is 1. The SMILES string of the molecule is O=C(NCC(=O)N1CCCC1)c1cccc(OCC2CC2)c1Cl. The minimum atomic E-state index is -0.348. The van der Waals surface area contributed by atoms with Crippen molar-refractivity contribution in [2.75, 3.05) is 26.2 Å². The first-order chi connectivity index (χ1) is 11.1. The van der Waals surface area contributed by atoms with Gasteiger partial charge in [0, 0.05) is 13.1 Å². The van der Waals surface area contributed by atoms with Crippen LogP contribution in [0.2, 0.25) is 5.02 Å². The zero-order valence-electron chi connectivity index (χ0n) is 13.0. The van der Waals surface area contributed by atoms with Crippen molar-refractivity contribution in [2.24, 2.45) is 5.92 Å². The summed E-state index contributed by atoms with van der Waals surface area (Å²) in [4.78, 5) is 26.0. The number of nitrogens with zero attached hydrogens (tertiary/aromatic N) is 1. The Morgan fingerprint density at radius 3 is 2.70 bits per heavy atom. The molecule has 2 fully saturated rings. The third-order valence-electron chi connectivity index (χ3n) is 4.24. The van der Waals surface area contributed by atoms with E-state index in [1.54, 1.807) is 23.1 Å². The van der Waals surface area contributed by atoms with Crippen LogP contribution in [0.3, 0.4) is 0 Å². The van der Waals surface area contributed by atoms with Crippen molar-refractivity contribution in [3.8, 4) is 5.75 Å². The highest BCUT2D eigenvalue weighted by atomic mass is 35.5. The first kappa shape index (κ1) is 16.1. The van der Waals surface area contributed by atoms with Crippen molar-refractivity contribution in [1.82, 2.24) is 10.2 Å². The largest absolute Gasteiger partial charge is 0.492 e. The van der Waals surface area contributed by atoms with Crippen molar-refractivity contribution < 1.29 is 14.3 Å². The highest BCUT2D eigenvalue weighted by Gasteiger charge is 2.23. The Balaban J connectivity index is 1.57. The van der Waals surface area contributed by atoms with E-state index in [4.69, 9.17) is 16.3 Å². The number of ether oxygens (including phenoxy) is 1. The van der Waals surface area contributed by atoms with Crippen molar-refractivity contribution in [3.05, 3.63) is 28.8 Å². The Morgan fingerprint density at radius 1 is 1.26 bits per heavy atom. The van der Waals surface area contributed by atoms with E-state index >= 15 is 0 Å². The fraction of sp³-hybridized carbons (Fsp3) is 0.529. The second kappa shape index (κ2) is 7.21. The van der Waals surface area contributed by atoms with E-state index in [9.17, 15) is 9.59 Å². The third-order valence-corrected chi connectivity index (χ3v) is 4.63. The Hall–Kier alpha value is -1.75. The summed E-state index contributed by atoms with van der Waals surface area (Å²) in [5.74, 6) is 0.742. The maximum Gasteiger partial charge on any atom is 0.253 e. The van der Waals surface area contributed by atoms with Crippen molar-refractivity contribution >= 4 is 23.4 Å². The van der Waals surface area contributed by atoms with Crippen LogP contribution in [0, 0.1) is 5.92 Å². The van der Waals surface area contributed by atoms with Gasteiger partial charge in [0.05, 0.1) is 23.7 Å². The second-order valence-corrected chi connectivity index (χ2v) is 6.52. The molecule has 0 radical (unpaired) electrons. The Bertz CT molecular complexity index is 596. The van der Waals surface area contributed by atoms with Crippen LogP contribution in [0.25, 0.3) is 0 Å². The van der Waals surface area contributed by atoms with Crippen LogP contribution < -0.4 is 10.1 Å². The topological polar surface area (TPSA) is 58.6 Å². The number of nitrogens with one attached hydrogen (secondary N) is 1. The van der Waals surface area contributed by atoms with Gasteiger partial charge in [0.15, 0.2) is 0 Å². The summed E-state index contributed by atoms with van der Waals surface area (Å²) in [7, 11) is 0. The molecule has 1 N–H and O–H groups in total. The fourth-order valence-corrected chi connectivity index (χ4v) is 2.89. The van der Waals surface area contributed by atoms with Crippen LogP contribution in [-0.2, 0) is 4.79 Å². The fourth-order valence-electron chi connectivity index (χ4n) is 2.62. The standard InChI is InChI=1S/C17H21ClN2O3/c18-16-13(4-3-5-14(16)23-11-12-6-7-12)17(22)19-10-15(21)20-8-1-2-9-20/h3-5,12H,1-2,6-11H2,(H,19,22). The number of hydrogen-bond donors (Lipinski definition) is 1. The Kier molecular flexibility index (Phi) is 5.06. The smallest absolute Gasteiger partial charge is 0.253 e. The van der Waals surface area contributed by atoms with Crippen LogP contribution >= 0.6 is 11.6 Å². The quantitative estimate of drug-likeness (QED) is 0.868. The molecule has 2 aliphatic rings. The van der Waals surface area contributed by atoms with Gasteiger partial charge in [-0.3, -0.25) is 9.59 Å². The molecule has 1 aromatic rings. The number of carbonyl (C=O) groups is 2. The Labute approximate surface area is 140 Å². The highest BCUT2D eigenvalue weighted by molar-refractivity contribution is 6.35. The summed E-state index contributed by atoms with van der Waals surface area (Å²) in [6, 6.07) is 5.14. The summed E-state index contributed by atoms with van der Waals surface area (Å²) in [6.45, 7) is 2.19. The molecule has 23 heavy (non-hydrogen) atoms. The van der Waals surface area contributed by atoms with E-state index in [0.717, 1.165) is 25.9 Å². The van der Waals surface area contributed by atoms with Crippen LogP contribution in [-0.4, -0.2) is 43.0 Å². The van der Waals surface area contributed by atoms with E-state index in [1.165, 1.54) is 12.8 Å². The third kappa shape index (κ3) is 4.16. The number of amides is 2. The van der Waals surface area contributed by atoms with Gasteiger partial charge in [-0.2, -0.15) is 0 Å². The highest BCUT2D eigenvalue weighted by Crippen LogP contribution is 2.33. The monoisotopic (exact) mass is 336 g/mol. The number of carbonyl (C=O) groups excluding carboxylic acids is 2. The van der Waals surface area contributed by atoms with Gasteiger partial charge in [-0.05, 0) is 43.7 Å². The van der Waals surface area contributed by atoms with E-state index < -0.39 is 0 Å². The van der Waals surface area contributed by atoms with Gasteiger partial charge in [0.25, 0.3) is 5.91 Å². The molecule has 0 unspecified atom stereocenters. The summed E-state index contributed by atoms with van der Waals surface area (Å²) in [6.07, 6.45) is 4.45. The summed E-state index contributed by atoms with van der Waals surface area (Å²) in [5.41, 5.74) is 0.342. The zero-order valence-corrected chi connectivity index (χ0v) is 13.8. The molecule has 1 saturated carbocycles. The lowest BCUT2D eigenvalue weighted by molar-refractivity contribution is -0.129. The normalized spacial score (nSPS) is 17.2.